The van der Waals surface area contributed by atoms with Crippen LogP contribution >= 0.6 is 0 Å². The maximum atomic E-state index is 9.97. The molecule has 0 aliphatic rings. The molecule has 1 unspecified atom stereocenters. The van der Waals surface area contributed by atoms with E-state index < -0.39 is 0 Å². The fraction of sp³-hybridized carbons (Fsp3) is 0.350. The largest absolute Gasteiger partial charge is 0.508 e. The van der Waals surface area contributed by atoms with E-state index in [9.17, 15) is 5.11 Å². The van der Waals surface area contributed by atoms with Crippen molar-refractivity contribution in [3.8, 4) is 11.5 Å². The molecule has 5 heteroatoms. The van der Waals surface area contributed by atoms with Gasteiger partial charge in [0.25, 0.3) is 0 Å². The second kappa shape index (κ2) is 8.97. The second-order valence-electron chi connectivity index (χ2n) is 5.88. The highest BCUT2D eigenvalue weighted by atomic mass is 16.5. The monoisotopic (exact) mass is 341 g/mol. The second-order valence-corrected chi connectivity index (χ2v) is 5.88. The molecular formula is C20H27N3O2. The minimum atomic E-state index is 0.121. The Hall–Kier alpha value is -2.69. The lowest BCUT2D eigenvalue weighted by Crippen LogP contribution is -2.38. The Labute approximate surface area is 149 Å². The summed E-state index contributed by atoms with van der Waals surface area (Å²) in [6.07, 6.45) is 1.04. The van der Waals surface area contributed by atoms with Gasteiger partial charge in [-0.3, -0.25) is 4.99 Å². The highest BCUT2D eigenvalue weighted by molar-refractivity contribution is 5.80. The summed E-state index contributed by atoms with van der Waals surface area (Å²) in [6, 6.07) is 13.9. The van der Waals surface area contributed by atoms with Gasteiger partial charge in [0.1, 0.15) is 11.5 Å². The van der Waals surface area contributed by atoms with Gasteiger partial charge in [0.2, 0.25) is 0 Å². The van der Waals surface area contributed by atoms with Crippen LogP contribution in [0.3, 0.4) is 0 Å². The molecule has 0 fully saturated rings. The average Bonchev–Trinajstić information content (AvgIpc) is 2.66. The van der Waals surface area contributed by atoms with Gasteiger partial charge in [-0.1, -0.05) is 31.2 Å². The number of phenolic OH excluding ortho intramolecular Hbond substituents is 1. The van der Waals surface area contributed by atoms with E-state index in [2.05, 4.69) is 53.7 Å². The maximum absolute atomic E-state index is 9.97. The lowest BCUT2D eigenvalue weighted by atomic mass is 10.1. The normalized spacial score (nSPS) is 12.6. The highest BCUT2D eigenvalue weighted by Crippen LogP contribution is 2.22. The lowest BCUT2D eigenvalue weighted by molar-refractivity contribution is 0.410. The van der Waals surface area contributed by atoms with Crippen LogP contribution in [0.25, 0.3) is 0 Å². The van der Waals surface area contributed by atoms with Crippen LogP contribution < -0.4 is 15.4 Å². The molecule has 5 nitrogen and oxygen atoms in total. The number of ether oxygens (including phenoxy) is 1. The molecular weight excluding hydrogens is 314 g/mol. The van der Waals surface area contributed by atoms with Crippen molar-refractivity contribution in [1.82, 2.24) is 10.6 Å². The summed E-state index contributed by atoms with van der Waals surface area (Å²) in [5, 5.41) is 16.6. The zero-order valence-electron chi connectivity index (χ0n) is 15.3. The summed E-state index contributed by atoms with van der Waals surface area (Å²) < 4.78 is 5.20. The van der Waals surface area contributed by atoms with Gasteiger partial charge in [0.15, 0.2) is 5.96 Å². The quantitative estimate of drug-likeness (QED) is 0.557. The number of nitrogens with zero attached hydrogens (tertiary/aromatic N) is 1. The molecule has 134 valence electrons. The van der Waals surface area contributed by atoms with Crippen LogP contribution in [0, 0.1) is 0 Å². The Kier molecular flexibility index (Phi) is 6.69. The third-order valence-electron chi connectivity index (χ3n) is 4.20. The number of aromatic hydroxyl groups is 1. The predicted molar refractivity (Wildman–Crippen MR) is 102 cm³/mol. The van der Waals surface area contributed by atoms with Crippen LogP contribution in [-0.4, -0.2) is 25.2 Å². The van der Waals surface area contributed by atoms with E-state index in [-0.39, 0.29) is 11.8 Å². The van der Waals surface area contributed by atoms with Crippen molar-refractivity contribution < 1.29 is 9.84 Å². The Morgan fingerprint density at radius 1 is 1.20 bits per heavy atom. The Bertz CT molecular complexity index is 711. The van der Waals surface area contributed by atoms with Crippen LogP contribution in [0.5, 0.6) is 11.5 Å². The van der Waals surface area contributed by atoms with E-state index in [1.807, 2.05) is 6.07 Å². The number of guanidine groups is 1. The van der Waals surface area contributed by atoms with Crippen molar-refractivity contribution in [2.45, 2.75) is 32.9 Å². The van der Waals surface area contributed by atoms with Gasteiger partial charge >= 0.3 is 0 Å². The smallest absolute Gasteiger partial charge is 0.191 e. The van der Waals surface area contributed by atoms with Gasteiger partial charge in [0, 0.05) is 19.2 Å². The van der Waals surface area contributed by atoms with Crippen molar-refractivity contribution in [2.75, 3.05) is 14.2 Å². The van der Waals surface area contributed by atoms with Crippen molar-refractivity contribution in [3.63, 3.8) is 0 Å². The summed E-state index contributed by atoms with van der Waals surface area (Å²) in [5.41, 5.74) is 3.28. The maximum Gasteiger partial charge on any atom is 0.191 e. The highest BCUT2D eigenvalue weighted by Gasteiger charge is 2.09. The van der Waals surface area contributed by atoms with Gasteiger partial charge < -0.3 is 20.5 Å². The number of hydrogen-bond donors (Lipinski definition) is 3. The first-order chi connectivity index (χ1) is 12.1. The number of rotatable bonds is 6. The number of benzene rings is 2. The van der Waals surface area contributed by atoms with Crippen molar-refractivity contribution in [2.24, 2.45) is 4.99 Å². The Balaban J connectivity index is 1.98. The molecule has 0 radical (unpaired) electrons. The number of methoxy groups -OCH3 is 1. The molecule has 0 bridgehead atoms. The topological polar surface area (TPSA) is 65.9 Å². The first-order valence-electron chi connectivity index (χ1n) is 8.49. The molecule has 2 aromatic rings. The number of phenols is 1. The number of hydrogen-bond acceptors (Lipinski definition) is 3. The summed E-state index contributed by atoms with van der Waals surface area (Å²) in [7, 11) is 3.34. The summed E-state index contributed by atoms with van der Waals surface area (Å²) >= 11 is 0. The zero-order chi connectivity index (χ0) is 18.2. The van der Waals surface area contributed by atoms with E-state index in [0.29, 0.717) is 18.3 Å². The minimum Gasteiger partial charge on any atom is -0.508 e. The predicted octanol–water partition coefficient (Wildman–Crippen LogP) is 3.39. The van der Waals surface area contributed by atoms with E-state index in [1.165, 1.54) is 11.1 Å². The molecule has 0 saturated carbocycles. The van der Waals surface area contributed by atoms with Crippen LogP contribution in [0.1, 0.15) is 36.6 Å². The lowest BCUT2D eigenvalue weighted by Gasteiger charge is -2.19. The molecule has 25 heavy (non-hydrogen) atoms. The molecule has 1 atom stereocenters. The molecule has 0 aliphatic carbocycles. The molecule has 0 spiro atoms. The fourth-order valence-corrected chi connectivity index (χ4v) is 2.53. The van der Waals surface area contributed by atoms with Crippen LogP contribution in [0.4, 0.5) is 0 Å². The van der Waals surface area contributed by atoms with Gasteiger partial charge in [-0.05, 0) is 42.7 Å². The fourth-order valence-electron chi connectivity index (χ4n) is 2.53. The Morgan fingerprint density at radius 2 is 1.92 bits per heavy atom. The van der Waals surface area contributed by atoms with Gasteiger partial charge in [-0.25, -0.2) is 0 Å². The minimum absolute atomic E-state index is 0.121. The van der Waals surface area contributed by atoms with E-state index in [0.717, 1.165) is 12.0 Å². The van der Waals surface area contributed by atoms with Crippen LogP contribution in [0.2, 0.25) is 0 Å². The molecule has 3 N–H and O–H groups in total. The van der Waals surface area contributed by atoms with E-state index >= 15 is 0 Å². The molecule has 0 amide bonds. The number of nitrogens with one attached hydrogen (secondary N) is 2. The van der Waals surface area contributed by atoms with Crippen LogP contribution in [-0.2, 0) is 13.0 Å². The SMILES string of the molecule is CCc1ccc(C(C)NC(=NC)NCc2cc(OC)ccc2O)cc1. The first-order valence-corrected chi connectivity index (χ1v) is 8.49. The summed E-state index contributed by atoms with van der Waals surface area (Å²) in [5.74, 6) is 1.61. The van der Waals surface area contributed by atoms with Gasteiger partial charge in [0.05, 0.1) is 13.2 Å². The molecule has 0 heterocycles. The number of aliphatic imine (C=N–C) groups is 1. The summed E-state index contributed by atoms with van der Waals surface area (Å²) in [4.78, 5) is 4.26. The van der Waals surface area contributed by atoms with Crippen LogP contribution in [0.15, 0.2) is 47.5 Å². The average molecular weight is 341 g/mol. The molecule has 0 saturated heterocycles. The van der Waals surface area contributed by atoms with Crippen molar-refractivity contribution >= 4 is 5.96 Å². The third kappa shape index (κ3) is 5.14. The molecule has 0 aliphatic heterocycles. The Morgan fingerprint density at radius 3 is 2.52 bits per heavy atom. The van der Waals surface area contributed by atoms with E-state index in [1.54, 1.807) is 26.3 Å². The third-order valence-corrected chi connectivity index (χ3v) is 4.20. The van der Waals surface area contributed by atoms with E-state index in [4.69, 9.17) is 4.74 Å². The number of aryl methyl sites for hydroxylation is 1. The summed E-state index contributed by atoms with van der Waals surface area (Å²) in [6.45, 7) is 4.69. The molecule has 0 aromatic heterocycles. The van der Waals surface area contributed by atoms with Gasteiger partial charge in [-0.15, -0.1) is 0 Å². The van der Waals surface area contributed by atoms with Crippen molar-refractivity contribution in [3.05, 3.63) is 59.2 Å². The molecule has 2 aromatic carbocycles. The van der Waals surface area contributed by atoms with Gasteiger partial charge in [-0.2, -0.15) is 0 Å². The molecule has 2 rings (SSSR count). The first kappa shape index (κ1) is 18.6. The van der Waals surface area contributed by atoms with Crippen molar-refractivity contribution in [1.29, 1.82) is 0 Å². The zero-order valence-corrected chi connectivity index (χ0v) is 15.3. The standard InChI is InChI=1S/C20H27N3O2/c1-5-15-6-8-16(9-7-15)14(2)23-20(21-3)22-13-17-12-18(25-4)10-11-19(17)24/h6-12,14,24H,5,13H2,1-4H3,(H2,21,22,23).